The van der Waals surface area contributed by atoms with E-state index < -0.39 is 16.8 Å². The molecule has 0 aliphatic heterocycles. The van der Waals surface area contributed by atoms with Crippen LogP contribution in [0.4, 0.5) is 11.4 Å². The SMILES string of the molecule is CCOC(=O)c1cccc(NC(=O)/C(=C/c2cccc([N+](=O)[O-])c2)c2ccccc2)c1C. The van der Waals surface area contributed by atoms with Gasteiger partial charge in [0.1, 0.15) is 0 Å². The number of nitrogens with one attached hydrogen (secondary N) is 1. The Hall–Kier alpha value is -4.26. The third kappa shape index (κ3) is 5.26. The Morgan fingerprint density at radius 3 is 2.44 bits per heavy atom. The lowest BCUT2D eigenvalue weighted by molar-refractivity contribution is -0.384. The number of nitro benzene ring substituents is 1. The van der Waals surface area contributed by atoms with E-state index >= 15 is 0 Å². The van der Waals surface area contributed by atoms with Gasteiger partial charge in [0.05, 0.1) is 17.1 Å². The molecule has 0 saturated heterocycles. The van der Waals surface area contributed by atoms with Crippen molar-refractivity contribution in [1.29, 1.82) is 0 Å². The van der Waals surface area contributed by atoms with Crippen LogP contribution in [0.5, 0.6) is 0 Å². The molecule has 3 aromatic rings. The van der Waals surface area contributed by atoms with Crippen LogP contribution >= 0.6 is 0 Å². The minimum absolute atomic E-state index is 0.0652. The number of nitrogens with zero attached hydrogens (tertiary/aromatic N) is 1. The molecule has 0 heterocycles. The van der Waals surface area contributed by atoms with Crippen LogP contribution in [0.2, 0.25) is 0 Å². The highest BCUT2D eigenvalue weighted by atomic mass is 16.6. The maximum absolute atomic E-state index is 13.3. The van der Waals surface area contributed by atoms with Crippen molar-refractivity contribution >= 4 is 34.9 Å². The van der Waals surface area contributed by atoms with Crippen molar-refractivity contribution in [2.24, 2.45) is 0 Å². The molecular weight excluding hydrogens is 408 g/mol. The largest absolute Gasteiger partial charge is 0.462 e. The van der Waals surface area contributed by atoms with Gasteiger partial charge in [-0.05, 0) is 48.7 Å². The Morgan fingerprint density at radius 2 is 1.75 bits per heavy atom. The van der Waals surface area contributed by atoms with Gasteiger partial charge in [0.25, 0.3) is 11.6 Å². The lowest BCUT2D eigenvalue weighted by Crippen LogP contribution is -2.16. The summed E-state index contributed by atoms with van der Waals surface area (Å²) < 4.78 is 5.08. The van der Waals surface area contributed by atoms with Gasteiger partial charge in [-0.15, -0.1) is 0 Å². The summed E-state index contributed by atoms with van der Waals surface area (Å²) in [5.41, 5.74) is 2.86. The summed E-state index contributed by atoms with van der Waals surface area (Å²) in [7, 11) is 0. The van der Waals surface area contributed by atoms with Crippen molar-refractivity contribution in [2.45, 2.75) is 13.8 Å². The van der Waals surface area contributed by atoms with Gasteiger partial charge in [0.2, 0.25) is 0 Å². The third-order valence-corrected chi connectivity index (χ3v) is 4.80. The smallest absolute Gasteiger partial charge is 0.338 e. The number of rotatable bonds is 7. The minimum atomic E-state index is -0.482. The number of carbonyl (C=O) groups excluding carboxylic acids is 2. The van der Waals surface area contributed by atoms with Crippen LogP contribution in [0, 0.1) is 17.0 Å². The van der Waals surface area contributed by atoms with Crippen molar-refractivity contribution in [2.75, 3.05) is 11.9 Å². The first-order valence-corrected chi connectivity index (χ1v) is 10.0. The minimum Gasteiger partial charge on any atom is -0.462 e. The number of carbonyl (C=O) groups is 2. The number of esters is 1. The van der Waals surface area contributed by atoms with Crippen LogP contribution in [0.15, 0.2) is 72.8 Å². The third-order valence-electron chi connectivity index (χ3n) is 4.80. The molecule has 0 bridgehead atoms. The average molecular weight is 430 g/mol. The van der Waals surface area contributed by atoms with Gasteiger partial charge >= 0.3 is 5.97 Å². The van der Waals surface area contributed by atoms with E-state index in [2.05, 4.69) is 5.32 Å². The van der Waals surface area contributed by atoms with Crippen LogP contribution in [-0.2, 0) is 9.53 Å². The fourth-order valence-corrected chi connectivity index (χ4v) is 3.18. The van der Waals surface area contributed by atoms with E-state index in [0.29, 0.717) is 33.5 Å². The van der Waals surface area contributed by atoms with Gasteiger partial charge in [0.15, 0.2) is 0 Å². The van der Waals surface area contributed by atoms with E-state index in [1.807, 2.05) is 6.07 Å². The van der Waals surface area contributed by atoms with E-state index in [0.717, 1.165) is 0 Å². The van der Waals surface area contributed by atoms with Crippen LogP contribution in [-0.4, -0.2) is 23.4 Å². The predicted molar refractivity (Wildman–Crippen MR) is 123 cm³/mol. The van der Waals surface area contributed by atoms with Crippen LogP contribution in [0.3, 0.4) is 0 Å². The van der Waals surface area contributed by atoms with E-state index in [-0.39, 0.29) is 12.3 Å². The number of hydrogen-bond donors (Lipinski definition) is 1. The lowest BCUT2D eigenvalue weighted by Gasteiger charge is -2.14. The molecule has 0 spiro atoms. The molecule has 0 aliphatic carbocycles. The average Bonchev–Trinajstić information content (AvgIpc) is 2.79. The standard InChI is InChI=1S/C25H22N2O5/c1-3-32-25(29)21-13-8-14-23(17(21)2)26-24(28)22(19-10-5-4-6-11-19)16-18-9-7-12-20(15-18)27(30)31/h4-16H,3H2,1-2H3,(H,26,28)/b22-16+. The Morgan fingerprint density at radius 1 is 1.03 bits per heavy atom. The van der Waals surface area contributed by atoms with Crippen molar-refractivity contribution in [1.82, 2.24) is 0 Å². The van der Waals surface area contributed by atoms with Crippen LogP contribution < -0.4 is 5.32 Å². The second-order valence-corrected chi connectivity index (χ2v) is 6.93. The topological polar surface area (TPSA) is 98.5 Å². The zero-order chi connectivity index (χ0) is 23.1. The van der Waals surface area contributed by atoms with E-state index in [4.69, 9.17) is 4.74 Å². The van der Waals surface area contributed by atoms with Crippen molar-refractivity contribution < 1.29 is 19.2 Å². The quantitative estimate of drug-likeness (QED) is 0.181. The maximum atomic E-state index is 13.3. The van der Waals surface area contributed by atoms with Gasteiger partial charge in [-0.3, -0.25) is 14.9 Å². The number of benzene rings is 3. The van der Waals surface area contributed by atoms with E-state index in [1.54, 1.807) is 74.5 Å². The molecular formula is C25H22N2O5. The first kappa shape index (κ1) is 22.4. The molecule has 0 radical (unpaired) electrons. The Balaban J connectivity index is 2.00. The van der Waals surface area contributed by atoms with Gasteiger partial charge in [-0.25, -0.2) is 4.79 Å². The van der Waals surface area contributed by atoms with Crippen LogP contribution in [0.1, 0.15) is 34.0 Å². The molecule has 0 saturated carbocycles. The van der Waals surface area contributed by atoms with Crippen LogP contribution in [0.25, 0.3) is 11.6 Å². The number of hydrogen-bond acceptors (Lipinski definition) is 5. The van der Waals surface area contributed by atoms with Gasteiger partial charge in [-0.2, -0.15) is 0 Å². The zero-order valence-electron chi connectivity index (χ0n) is 17.7. The highest BCUT2D eigenvalue weighted by molar-refractivity contribution is 6.29. The fourth-order valence-electron chi connectivity index (χ4n) is 3.18. The lowest BCUT2D eigenvalue weighted by atomic mass is 10.0. The fraction of sp³-hybridized carbons (Fsp3) is 0.120. The molecule has 7 nitrogen and oxygen atoms in total. The Bertz CT molecular complexity index is 1190. The zero-order valence-corrected chi connectivity index (χ0v) is 17.7. The molecule has 3 rings (SSSR count). The highest BCUT2D eigenvalue weighted by Crippen LogP contribution is 2.25. The molecule has 1 N–H and O–H groups in total. The molecule has 32 heavy (non-hydrogen) atoms. The summed E-state index contributed by atoms with van der Waals surface area (Å²) in [6.07, 6.45) is 1.60. The van der Waals surface area contributed by atoms with Gasteiger partial charge in [0, 0.05) is 23.4 Å². The number of anilines is 1. The normalized spacial score (nSPS) is 11.0. The monoisotopic (exact) mass is 430 g/mol. The molecule has 7 heteroatoms. The molecule has 0 atom stereocenters. The Labute approximate surface area is 185 Å². The molecule has 162 valence electrons. The molecule has 0 unspecified atom stereocenters. The van der Waals surface area contributed by atoms with Crippen molar-refractivity contribution in [3.63, 3.8) is 0 Å². The summed E-state index contributed by atoms with van der Waals surface area (Å²) in [6.45, 7) is 3.71. The first-order valence-electron chi connectivity index (χ1n) is 10.0. The summed E-state index contributed by atoms with van der Waals surface area (Å²) in [5, 5.41) is 14.0. The summed E-state index contributed by atoms with van der Waals surface area (Å²) in [6, 6.07) is 20.1. The molecule has 0 aliphatic rings. The molecule has 0 fully saturated rings. The number of non-ortho nitro benzene ring substituents is 1. The van der Waals surface area contributed by atoms with Crippen molar-refractivity contribution in [3.8, 4) is 0 Å². The summed E-state index contributed by atoms with van der Waals surface area (Å²) in [5.74, 6) is -0.872. The van der Waals surface area contributed by atoms with Gasteiger partial charge in [-0.1, -0.05) is 48.5 Å². The number of ether oxygens (including phenoxy) is 1. The molecule has 3 aromatic carbocycles. The van der Waals surface area contributed by atoms with Crippen molar-refractivity contribution in [3.05, 3.63) is 105 Å². The second-order valence-electron chi connectivity index (χ2n) is 6.93. The summed E-state index contributed by atoms with van der Waals surface area (Å²) >= 11 is 0. The summed E-state index contributed by atoms with van der Waals surface area (Å²) in [4.78, 5) is 36.1. The van der Waals surface area contributed by atoms with E-state index in [1.165, 1.54) is 12.1 Å². The molecule has 1 amide bonds. The number of amides is 1. The Kier molecular flexibility index (Phi) is 7.13. The predicted octanol–water partition coefficient (Wildman–Crippen LogP) is 5.26. The van der Waals surface area contributed by atoms with Gasteiger partial charge < -0.3 is 10.1 Å². The van der Waals surface area contributed by atoms with E-state index in [9.17, 15) is 19.7 Å². The molecule has 0 aromatic heterocycles. The maximum Gasteiger partial charge on any atom is 0.338 e. The second kappa shape index (κ2) is 10.2. The first-order chi connectivity index (χ1) is 15.4. The highest BCUT2D eigenvalue weighted by Gasteiger charge is 2.17. The number of nitro groups is 1.